The molecule has 0 spiro atoms. The van der Waals surface area contributed by atoms with Crippen LogP contribution in [0.4, 0.5) is 5.69 Å². The van der Waals surface area contributed by atoms with Crippen LogP contribution in [0.5, 0.6) is 0 Å². The molecule has 42 heavy (non-hydrogen) atoms. The molecule has 5 aliphatic rings. The Balaban J connectivity index is 0.959. The third kappa shape index (κ3) is 5.11. The van der Waals surface area contributed by atoms with E-state index in [1.54, 1.807) is 18.2 Å². The van der Waals surface area contributed by atoms with Crippen LogP contribution in [0, 0.1) is 23.2 Å². The summed E-state index contributed by atoms with van der Waals surface area (Å²) in [6, 6.07) is 4.46. The lowest BCUT2D eigenvalue weighted by Gasteiger charge is -2.43. The number of piperidine rings is 2. The molecule has 2 N–H and O–H groups in total. The van der Waals surface area contributed by atoms with Gasteiger partial charge in [-0.1, -0.05) is 24.3 Å². The highest BCUT2D eigenvalue weighted by atomic mass is 16.2. The number of rotatable bonds is 7. The van der Waals surface area contributed by atoms with E-state index in [1.807, 2.05) is 6.20 Å². The van der Waals surface area contributed by atoms with Crippen LogP contribution in [0.3, 0.4) is 0 Å². The molecule has 10 nitrogen and oxygen atoms in total. The van der Waals surface area contributed by atoms with Crippen LogP contribution < -0.4 is 10.6 Å². The molecule has 1 atom stereocenters. The predicted molar refractivity (Wildman–Crippen MR) is 154 cm³/mol. The monoisotopic (exact) mass is 568 g/mol. The van der Waals surface area contributed by atoms with Gasteiger partial charge in [-0.3, -0.25) is 34.1 Å². The Hall–Kier alpha value is -3.97. The topological polar surface area (TPSA) is 117 Å². The number of anilines is 1. The third-order valence-corrected chi connectivity index (χ3v) is 9.49. The average Bonchev–Trinajstić information content (AvgIpc) is 3.62. The Bertz CT molecular complexity index is 1500. The van der Waals surface area contributed by atoms with Crippen molar-refractivity contribution in [2.24, 2.45) is 11.3 Å². The minimum absolute atomic E-state index is 0.0911. The van der Waals surface area contributed by atoms with E-state index in [-0.39, 0.29) is 29.4 Å². The number of likely N-dealkylation sites (tertiary alicyclic amines) is 1. The van der Waals surface area contributed by atoms with E-state index in [4.69, 9.17) is 0 Å². The maximum atomic E-state index is 13.4. The number of amides is 4. The molecule has 10 heteroatoms. The summed E-state index contributed by atoms with van der Waals surface area (Å²) < 4.78 is 2.06. The lowest BCUT2D eigenvalue weighted by atomic mass is 9.68. The maximum Gasteiger partial charge on any atom is 0.264 e. The summed E-state index contributed by atoms with van der Waals surface area (Å²) in [5.74, 6) is 5.83. The molecule has 0 bridgehead atoms. The van der Waals surface area contributed by atoms with E-state index in [0.29, 0.717) is 24.2 Å². The molecule has 4 heterocycles. The SMILES string of the molecule is O=C1CCC(N2C(=O)c3cccc(NCc4cnn(C5CCN(CC6(C#CC7CC7)CCC6)CC5)c4)c3C2=O)C(=O)N1. The summed E-state index contributed by atoms with van der Waals surface area (Å²) in [5, 5.41) is 10.2. The highest BCUT2D eigenvalue weighted by Crippen LogP contribution is 2.42. The summed E-state index contributed by atoms with van der Waals surface area (Å²) >= 11 is 0. The summed E-state index contributed by atoms with van der Waals surface area (Å²) in [6.07, 6.45) is 12.6. The van der Waals surface area contributed by atoms with E-state index in [1.165, 1.54) is 32.1 Å². The fourth-order valence-electron chi connectivity index (χ4n) is 6.71. The fraction of sp³-hybridized carbons (Fsp3) is 0.531. The number of carbonyl (C=O) groups excluding carboxylic acids is 4. The Morgan fingerprint density at radius 2 is 1.83 bits per heavy atom. The van der Waals surface area contributed by atoms with Gasteiger partial charge in [0.25, 0.3) is 11.8 Å². The number of carbonyl (C=O) groups is 4. The predicted octanol–water partition coefficient (Wildman–Crippen LogP) is 3.12. The summed E-state index contributed by atoms with van der Waals surface area (Å²) in [4.78, 5) is 54.0. The van der Waals surface area contributed by atoms with Crippen molar-refractivity contribution in [3.05, 3.63) is 47.3 Å². The van der Waals surface area contributed by atoms with Gasteiger partial charge in [0.05, 0.1) is 23.4 Å². The number of hydrogen-bond acceptors (Lipinski definition) is 7. The number of hydrogen-bond donors (Lipinski definition) is 2. The Labute approximate surface area is 245 Å². The number of nitrogens with one attached hydrogen (secondary N) is 2. The molecule has 4 fully saturated rings. The second kappa shape index (κ2) is 10.7. The molecule has 4 amide bonds. The van der Waals surface area contributed by atoms with E-state index in [0.717, 1.165) is 42.9 Å². The average molecular weight is 569 g/mol. The van der Waals surface area contributed by atoms with Gasteiger partial charge in [0.2, 0.25) is 11.8 Å². The standard InChI is InChI=1S/C32H36N6O4/c39-27-8-7-26(29(40)35-27)38-30(41)24-3-1-4-25(28(24)31(38)42)33-17-22-18-34-37(19-22)23-10-15-36(16-11-23)20-32(12-2-13-32)14-9-21-5-6-21/h1,3-4,18-19,21,23,26,33H,2,5-8,10-13,15-17,20H2,(H,35,39,40). The van der Waals surface area contributed by atoms with Crippen LogP contribution in [0.1, 0.15) is 90.1 Å². The van der Waals surface area contributed by atoms with Crippen molar-refractivity contribution >= 4 is 29.3 Å². The van der Waals surface area contributed by atoms with E-state index < -0.39 is 29.7 Å². The van der Waals surface area contributed by atoms with Crippen LogP contribution in [0.15, 0.2) is 30.6 Å². The van der Waals surface area contributed by atoms with Crippen LogP contribution in [0.25, 0.3) is 0 Å². The first-order chi connectivity index (χ1) is 20.4. The molecule has 0 radical (unpaired) electrons. The smallest absolute Gasteiger partial charge is 0.264 e. The van der Waals surface area contributed by atoms with Gasteiger partial charge in [0, 0.05) is 61.4 Å². The van der Waals surface area contributed by atoms with Gasteiger partial charge < -0.3 is 10.2 Å². The van der Waals surface area contributed by atoms with E-state index in [2.05, 4.69) is 43.4 Å². The number of nitrogens with zero attached hydrogens (tertiary/aromatic N) is 4. The van der Waals surface area contributed by atoms with Crippen molar-refractivity contribution in [1.29, 1.82) is 0 Å². The van der Waals surface area contributed by atoms with Crippen LogP contribution >= 0.6 is 0 Å². The molecule has 1 aromatic heterocycles. The Morgan fingerprint density at radius 3 is 2.55 bits per heavy atom. The van der Waals surface area contributed by atoms with Crippen LogP contribution in [-0.4, -0.2) is 68.9 Å². The molecule has 3 aliphatic heterocycles. The van der Waals surface area contributed by atoms with Gasteiger partial charge >= 0.3 is 0 Å². The lowest BCUT2D eigenvalue weighted by Crippen LogP contribution is -2.54. The normalized spacial score (nSPS) is 24.1. The molecule has 2 aliphatic carbocycles. The van der Waals surface area contributed by atoms with Crippen molar-refractivity contribution in [3.63, 3.8) is 0 Å². The summed E-state index contributed by atoms with van der Waals surface area (Å²) in [7, 11) is 0. The van der Waals surface area contributed by atoms with Gasteiger partial charge in [-0.2, -0.15) is 5.10 Å². The third-order valence-electron chi connectivity index (χ3n) is 9.49. The lowest BCUT2D eigenvalue weighted by molar-refractivity contribution is -0.136. The fourth-order valence-corrected chi connectivity index (χ4v) is 6.71. The maximum absolute atomic E-state index is 13.4. The van der Waals surface area contributed by atoms with Gasteiger partial charge in [-0.25, -0.2) is 0 Å². The van der Waals surface area contributed by atoms with Crippen molar-refractivity contribution in [2.45, 2.75) is 76.4 Å². The van der Waals surface area contributed by atoms with Gasteiger partial charge in [-0.15, -0.1) is 0 Å². The number of benzene rings is 1. The molecular formula is C32H36N6O4. The second-order valence-corrected chi connectivity index (χ2v) is 12.5. The summed E-state index contributed by atoms with van der Waals surface area (Å²) in [5.41, 5.74) is 2.27. The second-order valence-electron chi connectivity index (χ2n) is 12.5. The first-order valence-corrected chi connectivity index (χ1v) is 15.3. The highest BCUT2D eigenvalue weighted by molar-refractivity contribution is 6.25. The first-order valence-electron chi connectivity index (χ1n) is 15.3. The Kier molecular flexibility index (Phi) is 6.85. The van der Waals surface area contributed by atoms with E-state index in [9.17, 15) is 19.2 Å². The molecule has 2 saturated heterocycles. The Morgan fingerprint density at radius 1 is 1.02 bits per heavy atom. The number of aromatic nitrogens is 2. The minimum Gasteiger partial charge on any atom is -0.380 e. The van der Waals surface area contributed by atoms with Crippen LogP contribution in [0.2, 0.25) is 0 Å². The molecule has 7 rings (SSSR count). The minimum atomic E-state index is -0.984. The first kappa shape index (κ1) is 26.9. The number of imide groups is 2. The molecule has 1 aromatic carbocycles. The van der Waals surface area contributed by atoms with Gasteiger partial charge in [0.1, 0.15) is 6.04 Å². The molecule has 1 unspecified atom stereocenters. The highest BCUT2D eigenvalue weighted by Gasteiger charge is 2.45. The molecule has 2 aromatic rings. The molecule has 218 valence electrons. The summed E-state index contributed by atoms with van der Waals surface area (Å²) in [6.45, 7) is 3.65. The largest absolute Gasteiger partial charge is 0.380 e. The molecular weight excluding hydrogens is 532 g/mol. The number of fused-ring (bicyclic) bond motifs is 1. The van der Waals surface area contributed by atoms with Crippen molar-refractivity contribution in [2.75, 3.05) is 25.0 Å². The van der Waals surface area contributed by atoms with Gasteiger partial charge in [-0.05, 0) is 57.1 Å². The molecule has 2 saturated carbocycles. The van der Waals surface area contributed by atoms with Crippen LogP contribution in [-0.2, 0) is 16.1 Å². The zero-order chi connectivity index (χ0) is 28.8. The zero-order valence-corrected chi connectivity index (χ0v) is 23.7. The quantitative estimate of drug-likeness (QED) is 0.389. The van der Waals surface area contributed by atoms with Crippen molar-refractivity contribution < 1.29 is 19.2 Å². The van der Waals surface area contributed by atoms with Crippen molar-refractivity contribution in [1.82, 2.24) is 24.9 Å². The zero-order valence-electron chi connectivity index (χ0n) is 23.7. The van der Waals surface area contributed by atoms with Crippen molar-refractivity contribution in [3.8, 4) is 11.8 Å². The van der Waals surface area contributed by atoms with Gasteiger partial charge in [0.15, 0.2) is 0 Å². The van der Waals surface area contributed by atoms with E-state index >= 15 is 0 Å².